The van der Waals surface area contributed by atoms with Crippen LogP contribution in [0.15, 0.2) is 24.3 Å². The number of hydrogen-bond acceptors (Lipinski definition) is 3. The highest BCUT2D eigenvalue weighted by molar-refractivity contribution is 5.75. The molecule has 2 atom stereocenters. The molecule has 5 heteroatoms. The highest BCUT2D eigenvalue weighted by Crippen LogP contribution is 2.31. The van der Waals surface area contributed by atoms with Gasteiger partial charge in [-0.05, 0) is 6.08 Å². The average Bonchev–Trinajstić information content (AvgIpc) is 2.17. The van der Waals surface area contributed by atoms with Crippen LogP contribution in [-0.2, 0) is 4.79 Å². The lowest BCUT2D eigenvalue weighted by Crippen LogP contribution is -2.47. The Morgan fingerprint density at radius 1 is 1.64 bits per heavy atom. The number of carbonyl (C=O) groups is 1. The summed E-state index contributed by atoms with van der Waals surface area (Å²) >= 11 is 0. The van der Waals surface area contributed by atoms with Crippen molar-refractivity contribution in [2.45, 2.75) is 18.9 Å². The second kappa shape index (κ2) is 3.61. The lowest BCUT2D eigenvalue weighted by Gasteiger charge is -2.26. The molecule has 0 aromatic rings. The molecule has 0 bridgehead atoms. The second-order valence-electron chi connectivity index (χ2n) is 3.16. The predicted molar refractivity (Wildman–Crippen MR) is 49.4 cm³/mol. The van der Waals surface area contributed by atoms with Crippen LogP contribution in [0.25, 0.3) is 0 Å². The molecule has 2 unspecified atom stereocenters. The van der Waals surface area contributed by atoms with E-state index in [9.17, 15) is 14.9 Å². The summed E-state index contributed by atoms with van der Waals surface area (Å²) in [6, 6.07) is 0. The first-order chi connectivity index (χ1) is 6.54. The Labute approximate surface area is 80.9 Å². The molecule has 0 radical (unpaired) electrons. The minimum atomic E-state index is -1.49. The SMILES string of the molecule is CCC1([N+](=O)[O-])C=CC=CC1C(=O)O. The molecular formula is C9H11NO4. The van der Waals surface area contributed by atoms with Gasteiger partial charge >= 0.3 is 5.97 Å². The molecule has 0 aromatic carbocycles. The van der Waals surface area contributed by atoms with Crippen molar-refractivity contribution in [3.63, 3.8) is 0 Å². The molecule has 1 N–H and O–H groups in total. The topological polar surface area (TPSA) is 80.4 Å². The standard InChI is InChI=1S/C9H11NO4/c1-2-9(10(13)14)6-4-3-5-7(9)8(11)12/h3-7H,2H2,1H3,(H,11,12). The van der Waals surface area contributed by atoms with E-state index in [0.29, 0.717) is 0 Å². The van der Waals surface area contributed by atoms with E-state index in [4.69, 9.17) is 5.11 Å². The van der Waals surface area contributed by atoms with Gasteiger partial charge in [-0.25, -0.2) is 0 Å². The van der Waals surface area contributed by atoms with Crippen LogP contribution >= 0.6 is 0 Å². The third-order valence-electron chi connectivity index (χ3n) is 2.51. The number of allylic oxidation sites excluding steroid dienone is 2. The van der Waals surface area contributed by atoms with Crippen LogP contribution in [0, 0.1) is 16.0 Å². The van der Waals surface area contributed by atoms with E-state index >= 15 is 0 Å². The van der Waals surface area contributed by atoms with E-state index in [0.717, 1.165) is 0 Å². The predicted octanol–water partition coefficient (Wildman–Crippen LogP) is 1.24. The zero-order chi connectivity index (χ0) is 10.8. The van der Waals surface area contributed by atoms with E-state index in [-0.39, 0.29) is 6.42 Å². The van der Waals surface area contributed by atoms with Crippen LogP contribution in [0.5, 0.6) is 0 Å². The lowest BCUT2D eigenvalue weighted by atomic mass is 9.79. The molecule has 0 aliphatic heterocycles. The van der Waals surface area contributed by atoms with Crippen LogP contribution in [0.2, 0.25) is 0 Å². The number of nitro groups is 1. The lowest BCUT2D eigenvalue weighted by molar-refractivity contribution is -0.561. The average molecular weight is 197 g/mol. The minimum absolute atomic E-state index is 0.164. The minimum Gasteiger partial charge on any atom is -0.481 e. The van der Waals surface area contributed by atoms with Crippen molar-refractivity contribution < 1.29 is 14.8 Å². The summed E-state index contributed by atoms with van der Waals surface area (Å²) in [6.07, 6.45) is 5.92. The fraction of sp³-hybridized carbons (Fsp3) is 0.444. The van der Waals surface area contributed by atoms with Gasteiger partial charge in [0, 0.05) is 11.3 Å². The number of carboxylic acid groups (broad SMARTS) is 1. The molecule has 0 aromatic heterocycles. The highest BCUT2D eigenvalue weighted by Gasteiger charge is 2.50. The van der Waals surface area contributed by atoms with E-state index in [1.54, 1.807) is 6.92 Å². The fourth-order valence-corrected chi connectivity index (χ4v) is 1.61. The van der Waals surface area contributed by atoms with Crippen LogP contribution in [0.3, 0.4) is 0 Å². The normalized spacial score (nSPS) is 30.2. The van der Waals surface area contributed by atoms with E-state index < -0.39 is 22.3 Å². The van der Waals surface area contributed by atoms with Gasteiger partial charge in [-0.3, -0.25) is 14.9 Å². The molecule has 1 rings (SSSR count). The van der Waals surface area contributed by atoms with Crippen molar-refractivity contribution in [1.82, 2.24) is 0 Å². The third kappa shape index (κ3) is 1.41. The maximum atomic E-state index is 10.9. The first-order valence-electron chi connectivity index (χ1n) is 4.28. The molecule has 0 spiro atoms. The summed E-state index contributed by atoms with van der Waals surface area (Å²) in [4.78, 5) is 21.2. The van der Waals surface area contributed by atoms with Gasteiger partial charge in [0.2, 0.25) is 0 Å². The van der Waals surface area contributed by atoms with Crippen LogP contribution in [0.4, 0.5) is 0 Å². The van der Waals surface area contributed by atoms with Gasteiger partial charge in [0.1, 0.15) is 5.92 Å². The van der Waals surface area contributed by atoms with Gasteiger partial charge in [0.05, 0.1) is 0 Å². The van der Waals surface area contributed by atoms with E-state index in [1.165, 1.54) is 24.3 Å². The van der Waals surface area contributed by atoms with Crippen molar-refractivity contribution in [1.29, 1.82) is 0 Å². The van der Waals surface area contributed by atoms with Gasteiger partial charge in [-0.15, -0.1) is 0 Å². The zero-order valence-corrected chi connectivity index (χ0v) is 7.71. The number of carboxylic acids is 1. The molecular weight excluding hydrogens is 186 g/mol. The number of nitrogens with zero attached hydrogens (tertiary/aromatic N) is 1. The van der Waals surface area contributed by atoms with Crippen molar-refractivity contribution in [3.8, 4) is 0 Å². The molecule has 0 heterocycles. The third-order valence-corrected chi connectivity index (χ3v) is 2.51. The molecule has 76 valence electrons. The van der Waals surface area contributed by atoms with E-state index in [1.807, 2.05) is 0 Å². The Morgan fingerprint density at radius 3 is 2.64 bits per heavy atom. The van der Waals surface area contributed by atoms with Crippen molar-refractivity contribution in [2.24, 2.45) is 5.92 Å². The number of hydrogen-bond donors (Lipinski definition) is 1. The summed E-state index contributed by atoms with van der Waals surface area (Å²) in [5.41, 5.74) is -1.49. The van der Waals surface area contributed by atoms with Crippen molar-refractivity contribution >= 4 is 5.97 Å². The van der Waals surface area contributed by atoms with Gasteiger partial charge in [0.15, 0.2) is 0 Å². The summed E-state index contributed by atoms with van der Waals surface area (Å²) in [7, 11) is 0. The molecule has 14 heavy (non-hydrogen) atoms. The largest absolute Gasteiger partial charge is 0.481 e. The highest BCUT2D eigenvalue weighted by atomic mass is 16.6. The van der Waals surface area contributed by atoms with Crippen LogP contribution in [0.1, 0.15) is 13.3 Å². The maximum absolute atomic E-state index is 10.9. The summed E-state index contributed by atoms with van der Waals surface area (Å²) < 4.78 is 0. The zero-order valence-electron chi connectivity index (χ0n) is 7.71. The van der Waals surface area contributed by atoms with Gasteiger partial charge in [-0.2, -0.15) is 0 Å². The quantitative estimate of drug-likeness (QED) is 0.545. The molecule has 0 saturated carbocycles. The second-order valence-corrected chi connectivity index (χ2v) is 3.16. The van der Waals surface area contributed by atoms with Gasteiger partial charge in [0.25, 0.3) is 5.54 Å². The van der Waals surface area contributed by atoms with Gasteiger partial charge in [-0.1, -0.05) is 25.2 Å². The molecule has 0 amide bonds. The van der Waals surface area contributed by atoms with Crippen LogP contribution in [-0.4, -0.2) is 21.5 Å². The monoisotopic (exact) mass is 197 g/mol. The number of aliphatic carboxylic acids is 1. The Hall–Kier alpha value is -1.65. The smallest absolute Gasteiger partial charge is 0.318 e. The first kappa shape index (κ1) is 10.4. The molecule has 0 saturated heterocycles. The van der Waals surface area contributed by atoms with Crippen molar-refractivity contribution in [2.75, 3.05) is 0 Å². The van der Waals surface area contributed by atoms with Crippen LogP contribution < -0.4 is 0 Å². The summed E-state index contributed by atoms with van der Waals surface area (Å²) in [6.45, 7) is 1.61. The summed E-state index contributed by atoms with van der Waals surface area (Å²) in [5.74, 6) is -2.24. The maximum Gasteiger partial charge on any atom is 0.318 e. The van der Waals surface area contributed by atoms with E-state index in [2.05, 4.69) is 0 Å². The fourth-order valence-electron chi connectivity index (χ4n) is 1.61. The first-order valence-corrected chi connectivity index (χ1v) is 4.28. The van der Waals surface area contributed by atoms with Crippen molar-refractivity contribution in [3.05, 3.63) is 34.4 Å². The Bertz CT molecular complexity index is 321. The molecule has 0 fully saturated rings. The molecule has 5 nitrogen and oxygen atoms in total. The summed E-state index contributed by atoms with van der Waals surface area (Å²) in [5, 5.41) is 19.7. The number of rotatable bonds is 3. The molecule has 1 aliphatic carbocycles. The molecule has 1 aliphatic rings. The Balaban J connectivity index is 3.15. The Kier molecular flexibility index (Phi) is 2.69. The Morgan fingerprint density at radius 2 is 2.29 bits per heavy atom. The van der Waals surface area contributed by atoms with Gasteiger partial charge < -0.3 is 5.11 Å².